The van der Waals surface area contributed by atoms with Crippen LogP contribution in [0.1, 0.15) is 12.0 Å². The summed E-state index contributed by atoms with van der Waals surface area (Å²) in [6, 6.07) is 15.6. The van der Waals surface area contributed by atoms with E-state index in [-0.39, 0.29) is 5.91 Å². The standard InChI is InChI=1S/C15H13N3OS/c19-14(10-9-11-5-2-1-3-6-11)16-12-7-4-8-13-15(12)18-20-17-13/h1-8H,9-10H2,(H,16,19). The quantitative estimate of drug-likeness (QED) is 0.799. The Hall–Kier alpha value is -2.27. The fourth-order valence-corrected chi connectivity index (χ4v) is 2.57. The maximum atomic E-state index is 12.0. The van der Waals surface area contributed by atoms with Gasteiger partial charge in [0.05, 0.1) is 17.4 Å². The van der Waals surface area contributed by atoms with E-state index in [2.05, 4.69) is 14.1 Å². The lowest BCUT2D eigenvalue weighted by Gasteiger charge is -2.05. The molecule has 1 heterocycles. The van der Waals surface area contributed by atoms with Crippen LogP contribution in [-0.2, 0) is 11.2 Å². The zero-order chi connectivity index (χ0) is 13.8. The van der Waals surface area contributed by atoms with Gasteiger partial charge in [0.15, 0.2) is 0 Å². The number of hydrogen-bond donors (Lipinski definition) is 1. The monoisotopic (exact) mass is 283 g/mol. The molecule has 0 aliphatic carbocycles. The average Bonchev–Trinajstić information content (AvgIpc) is 2.96. The molecule has 1 amide bonds. The molecule has 3 aromatic rings. The molecular formula is C15H13N3OS. The summed E-state index contributed by atoms with van der Waals surface area (Å²) in [6.45, 7) is 0. The Balaban J connectivity index is 1.66. The van der Waals surface area contributed by atoms with Crippen LogP contribution in [0.15, 0.2) is 48.5 Å². The zero-order valence-corrected chi connectivity index (χ0v) is 11.6. The van der Waals surface area contributed by atoms with E-state index in [1.807, 2.05) is 48.5 Å². The molecule has 0 saturated heterocycles. The largest absolute Gasteiger partial charge is 0.324 e. The van der Waals surface area contributed by atoms with E-state index < -0.39 is 0 Å². The van der Waals surface area contributed by atoms with Crippen LogP contribution in [0.2, 0.25) is 0 Å². The lowest BCUT2D eigenvalue weighted by Crippen LogP contribution is -2.12. The maximum absolute atomic E-state index is 12.0. The Morgan fingerprint density at radius 2 is 1.90 bits per heavy atom. The number of rotatable bonds is 4. The second-order valence-electron chi connectivity index (χ2n) is 4.47. The van der Waals surface area contributed by atoms with Crippen molar-refractivity contribution in [3.05, 3.63) is 54.1 Å². The molecule has 4 nitrogen and oxygen atoms in total. The normalized spacial score (nSPS) is 10.6. The first kappa shape index (κ1) is 12.7. The lowest BCUT2D eigenvalue weighted by molar-refractivity contribution is -0.116. The van der Waals surface area contributed by atoms with Gasteiger partial charge in [-0.05, 0) is 24.1 Å². The molecule has 0 atom stereocenters. The van der Waals surface area contributed by atoms with Gasteiger partial charge in [-0.25, -0.2) is 0 Å². The lowest BCUT2D eigenvalue weighted by atomic mass is 10.1. The van der Waals surface area contributed by atoms with E-state index in [1.54, 1.807) is 0 Å². The van der Waals surface area contributed by atoms with E-state index in [0.717, 1.165) is 40.4 Å². The highest BCUT2D eigenvalue weighted by Crippen LogP contribution is 2.21. The minimum absolute atomic E-state index is 0.00523. The summed E-state index contributed by atoms with van der Waals surface area (Å²) < 4.78 is 8.37. The van der Waals surface area contributed by atoms with Crippen LogP contribution in [0, 0.1) is 0 Å². The van der Waals surface area contributed by atoms with Gasteiger partial charge in [-0.3, -0.25) is 4.79 Å². The van der Waals surface area contributed by atoms with Gasteiger partial charge in [-0.1, -0.05) is 36.4 Å². The molecule has 0 bridgehead atoms. The minimum Gasteiger partial charge on any atom is -0.324 e. The number of amides is 1. The molecule has 0 aliphatic heterocycles. The molecule has 100 valence electrons. The zero-order valence-electron chi connectivity index (χ0n) is 10.7. The van der Waals surface area contributed by atoms with Crippen molar-refractivity contribution in [2.45, 2.75) is 12.8 Å². The number of fused-ring (bicyclic) bond motifs is 1. The van der Waals surface area contributed by atoms with Gasteiger partial charge in [0.2, 0.25) is 5.91 Å². The molecule has 0 fully saturated rings. The summed E-state index contributed by atoms with van der Waals surface area (Å²) >= 11 is 1.15. The first-order valence-electron chi connectivity index (χ1n) is 6.38. The van der Waals surface area contributed by atoms with Gasteiger partial charge in [0.25, 0.3) is 0 Å². The Morgan fingerprint density at radius 1 is 1.05 bits per heavy atom. The number of nitrogens with zero attached hydrogens (tertiary/aromatic N) is 2. The van der Waals surface area contributed by atoms with Gasteiger partial charge in [-0.2, -0.15) is 8.75 Å². The third kappa shape index (κ3) is 2.83. The van der Waals surface area contributed by atoms with Crippen molar-refractivity contribution in [1.29, 1.82) is 0 Å². The van der Waals surface area contributed by atoms with Crippen LogP contribution < -0.4 is 5.32 Å². The number of benzene rings is 2. The summed E-state index contributed by atoms with van der Waals surface area (Å²) in [4.78, 5) is 12.0. The van der Waals surface area contributed by atoms with Crippen molar-refractivity contribution in [3.8, 4) is 0 Å². The van der Waals surface area contributed by atoms with E-state index in [1.165, 1.54) is 0 Å². The van der Waals surface area contributed by atoms with E-state index in [0.29, 0.717) is 6.42 Å². The third-order valence-corrected chi connectivity index (χ3v) is 3.59. The Labute approximate surface area is 120 Å². The molecular weight excluding hydrogens is 270 g/mol. The Morgan fingerprint density at radius 3 is 2.75 bits per heavy atom. The van der Waals surface area contributed by atoms with Crippen LogP contribution in [0.25, 0.3) is 11.0 Å². The van der Waals surface area contributed by atoms with Gasteiger partial charge >= 0.3 is 0 Å². The second kappa shape index (κ2) is 5.79. The molecule has 5 heteroatoms. The van der Waals surface area contributed by atoms with E-state index in [9.17, 15) is 4.79 Å². The number of aromatic nitrogens is 2. The number of hydrogen-bond acceptors (Lipinski definition) is 4. The highest BCUT2D eigenvalue weighted by atomic mass is 32.1. The SMILES string of the molecule is O=C(CCc1ccccc1)Nc1cccc2nsnc12. The van der Waals surface area contributed by atoms with Gasteiger partial charge in [0, 0.05) is 6.42 Å². The second-order valence-corrected chi connectivity index (χ2v) is 5.00. The van der Waals surface area contributed by atoms with Gasteiger partial charge in [0.1, 0.15) is 11.0 Å². The predicted molar refractivity (Wildman–Crippen MR) is 80.8 cm³/mol. The van der Waals surface area contributed by atoms with Crippen LogP contribution in [0.3, 0.4) is 0 Å². The van der Waals surface area contributed by atoms with E-state index >= 15 is 0 Å². The fourth-order valence-electron chi connectivity index (χ4n) is 2.02. The number of carbonyl (C=O) groups excluding carboxylic acids is 1. The molecule has 0 aliphatic rings. The van der Waals surface area contributed by atoms with Crippen LogP contribution in [0.4, 0.5) is 5.69 Å². The predicted octanol–water partition coefficient (Wildman–Crippen LogP) is 3.26. The number of carbonyl (C=O) groups is 1. The number of aryl methyl sites for hydroxylation is 1. The maximum Gasteiger partial charge on any atom is 0.224 e. The minimum atomic E-state index is -0.00523. The summed E-state index contributed by atoms with van der Waals surface area (Å²) in [5.74, 6) is -0.00523. The molecule has 2 aromatic carbocycles. The van der Waals surface area contributed by atoms with Gasteiger partial charge < -0.3 is 5.32 Å². The highest BCUT2D eigenvalue weighted by Gasteiger charge is 2.08. The van der Waals surface area contributed by atoms with Crippen LogP contribution in [0.5, 0.6) is 0 Å². The van der Waals surface area contributed by atoms with Gasteiger partial charge in [-0.15, -0.1) is 0 Å². The molecule has 0 radical (unpaired) electrons. The van der Waals surface area contributed by atoms with Crippen LogP contribution >= 0.6 is 11.7 Å². The number of nitrogens with one attached hydrogen (secondary N) is 1. The Kier molecular flexibility index (Phi) is 3.69. The fraction of sp³-hybridized carbons (Fsp3) is 0.133. The van der Waals surface area contributed by atoms with Crippen molar-refractivity contribution >= 4 is 34.4 Å². The number of anilines is 1. The summed E-state index contributed by atoms with van der Waals surface area (Å²) in [5, 5.41) is 2.91. The van der Waals surface area contributed by atoms with Crippen molar-refractivity contribution in [3.63, 3.8) is 0 Å². The highest BCUT2D eigenvalue weighted by molar-refractivity contribution is 7.00. The van der Waals surface area contributed by atoms with Crippen molar-refractivity contribution in [2.24, 2.45) is 0 Å². The molecule has 1 aromatic heterocycles. The molecule has 20 heavy (non-hydrogen) atoms. The molecule has 3 rings (SSSR count). The topological polar surface area (TPSA) is 54.9 Å². The van der Waals surface area contributed by atoms with Crippen molar-refractivity contribution in [1.82, 2.24) is 8.75 Å². The third-order valence-electron chi connectivity index (χ3n) is 3.04. The first-order chi connectivity index (χ1) is 9.83. The molecule has 0 saturated carbocycles. The van der Waals surface area contributed by atoms with Crippen molar-refractivity contribution < 1.29 is 4.79 Å². The average molecular weight is 283 g/mol. The smallest absolute Gasteiger partial charge is 0.224 e. The molecule has 0 spiro atoms. The van der Waals surface area contributed by atoms with E-state index in [4.69, 9.17) is 0 Å². The van der Waals surface area contributed by atoms with Crippen molar-refractivity contribution in [2.75, 3.05) is 5.32 Å². The molecule has 0 unspecified atom stereocenters. The molecule has 1 N–H and O–H groups in total. The van der Waals surface area contributed by atoms with Crippen LogP contribution in [-0.4, -0.2) is 14.7 Å². The summed E-state index contributed by atoms with van der Waals surface area (Å²) in [5.41, 5.74) is 3.46. The first-order valence-corrected chi connectivity index (χ1v) is 7.11. The summed E-state index contributed by atoms with van der Waals surface area (Å²) in [7, 11) is 0. The Bertz CT molecular complexity index is 724. The summed E-state index contributed by atoms with van der Waals surface area (Å²) in [6.07, 6.45) is 1.19.